The van der Waals surface area contributed by atoms with Crippen molar-refractivity contribution < 1.29 is 5.11 Å². The van der Waals surface area contributed by atoms with Crippen LogP contribution in [0.25, 0.3) is 5.57 Å². The molecule has 2 rings (SSSR count). The number of hydrogen-bond donors (Lipinski definition) is 1. The fraction of sp³-hybridized carbons (Fsp3) is 0.333. The van der Waals surface area contributed by atoms with Crippen LogP contribution in [0.3, 0.4) is 0 Å². The Hall–Kier alpha value is -0.600. The Kier molecular flexibility index (Phi) is 1.80. The molecule has 1 N–H and O–H groups in total. The van der Waals surface area contributed by atoms with Crippen molar-refractivity contribution >= 4 is 16.9 Å². The molecule has 1 heterocycles. The second-order valence-electron chi connectivity index (χ2n) is 2.81. The van der Waals surface area contributed by atoms with Crippen LogP contribution >= 0.6 is 11.3 Å². The van der Waals surface area contributed by atoms with Crippen LogP contribution in [-0.2, 0) is 0 Å². The minimum absolute atomic E-state index is 0.204. The smallest absolute Gasteiger partial charge is 0.0730 e. The number of rotatable bonds is 1. The van der Waals surface area contributed by atoms with Crippen LogP contribution < -0.4 is 0 Å². The molecule has 0 saturated carbocycles. The highest BCUT2D eigenvalue weighted by molar-refractivity contribution is 7.08. The predicted molar refractivity (Wildman–Crippen MR) is 47.5 cm³/mol. The largest absolute Gasteiger partial charge is 0.389 e. The monoisotopic (exact) mass is 166 g/mol. The molecule has 2 heteroatoms. The van der Waals surface area contributed by atoms with Crippen molar-refractivity contribution in [1.82, 2.24) is 0 Å². The average Bonchev–Trinajstić information content (AvgIpc) is 2.55. The van der Waals surface area contributed by atoms with E-state index in [1.54, 1.807) is 11.3 Å². The highest BCUT2D eigenvalue weighted by Crippen LogP contribution is 2.28. The van der Waals surface area contributed by atoms with Crippen molar-refractivity contribution in [2.75, 3.05) is 0 Å². The van der Waals surface area contributed by atoms with Crippen molar-refractivity contribution in [2.45, 2.75) is 18.9 Å². The van der Waals surface area contributed by atoms with Crippen molar-refractivity contribution in [2.24, 2.45) is 0 Å². The van der Waals surface area contributed by atoms with Crippen LogP contribution in [0.1, 0.15) is 18.4 Å². The summed E-state index contributed by atoms with van der Waals surface area (Å²) in [6.45, 7) is 0. The highest BCUT2D eigenvalue weighted by Gasteiger charge is 2.13. The van der Waals surface area contributed by atoms with E-state index in [0.717, 1.165) is 12.8 Å². The summed E-state index contributed by atoms with van der Waals surface area (Å²) in [6.07, 6.45) is 3.68. The van der Waals surface area contributed by atoms with Gasteiger partial charge in [-0.1, -0.05) is 6.08 Å². The van der Waals surface area contributed by atoms with Gasteiger partial charge in [-0.25, -0.2) is 0 Å². The molecule has 1 aliphatic rings. The molecule has 0 amide bonds. The zero-order valence-electron chi connectivity index (χ0n) is 6.16. The standard InChI is InChI=1S/C9H10OS/c10-9-2-1-7(5-9)8-3-4-11-6-8/h3-6,9-10H,1-2H2. The number of allylic oxidation sites excluding steroid dienone is 1. The van der Waals surface area contributed by atoms with E-state index < -0.39 is 0 Å². The summed E-state index contributed by atoms with van der Waals surface area (Å²) in [4.78, 5) is 0. The molecule has 0 spiro atoms. The highest BCUT2D eigenvalue weighted by atomic mass is 32.1. The van der Waals surface area contributed by atoms with Crippen molar-refractivity contribution in [3.63, 3.8) is 0 Å². The Labute approximate surface area is 70.0 Å². The molecule has 1 atom stereocenters. The van der Waals surface area contributed by atoms with E-state index in [1.807, 2.05) is 6.08 Å². The van der Waals surface area contributed by atoms with Gasteiger partial charge in [0.05, 0.1) is 6.10 Å². The van der Waals surface area contributed by atoms with Crippen molar-refractivity contribution in [3.8, 4) is 0 Å². The van der Waals surface area contributed by atoms with Gasteiger partial charge in [0.2, 0.25) is 0 Å². The molecular weight excluding hydrogens is 156 g/mol. The van der Waals surface area contributed by atoms with E-state index in [0.29, 0.717) is 0 Å². The van der Waals surface area contributed by atoms with E-state index in [2.05, 4.69) is 16.8 Å². The molecule has 11 heavy (non-hydrogen) atoms. The summed E-state index contributed by atoms with van der Waals surface area (Å²) in [5.41, 5.74) is 2.59. The normalized spacial score (nSPS) is 23.7. The minimum Gasteiger partial charge on any atom is -0.389 e. The summed E-state index contributed by atoms with van der Waals surface area (Å²) in [5, 5.41) is 13.4. The average molecular weight is 166 g/mol. The number of aliphatic hydroxyl groups is 1. The van der Waals surface area contributed by atoms with Crippen LogP contribution in [0.2, 0.25) is 0 Å². The molecule has 1 aromatic rings. The first kappa shape index (κ1) is 7.07. The zero-order valence-corrected chi connectivity index (χ0v) is 6.97. The Morgan fingerprint density at radius 2 is 2.45 bits per heavy atom. The van der Waals surface area contributed by atoms with Gasteiger partial charge in [0, 0.05) is 0 Å². The molecule has 1 nitrogen and oxygen atoms in total. The van der Waals surface area contributed by atoms with Crippen molar-refractivity contribution in [3.05, 3.63) is 28.5 Å². The molecule has 0 aromatic carbocycles. The first-order valence-electron chi connectivity index (χ1n) is 3.77. The first-order valence-corrected chi connectivity index (χ1v) is 4.72. The maximum Gasteiger partial charge on any atom is 0.0730 e. The summed E-state index contributed by atoms with van der Waals surface area (Å²) in [5.74, 6) is 0. The topological polar surface area (TPSA) is 20.2 Å². The van der Waals surface area contributed by atoms with Gasteiger partial charge in [0.1, 0.15) is 0 Å². The number of aliphatic hydroxyl groups excluding tert-OH is 1. The Morgan fingerprint density at radius 3 is 3.00 bits per heavy atom. The van der Waals surface area contributed by atoms with Crippen molar-refractivity contribution in [1.29, 1.82) is 0 Å². The molecule has 58 valence electrons. The third kappa shape index (κ3) is 1.37. The second-order valence-corrected chi connectivity index (χ2v) is 3.59. The van der Waals surface area contributed by atoms with Crippen LogP contribution in [0.4, 0.5) is 0 Å². The zero-order chi connectivity index (χ0) is 7.68. The molecule has 0 aliphatic heterocycles. The molecule has 0 radical (unpaired) electrons. The molecule has 1 aliphatic carbocycles. The number of hydrogen-bond acceptors (Lipinski definition) is 2. The van der Waals surface area contributed by atoms with E-state index in [-0.39, 0.29) is 6.10 Å². The maximum absolute atomic E-state index is 9.23. The quantitative estimate of drug-likeness (QED) is 0.678. The van der Waals surface area contributed by atoms with Gasteiger partial charge >= 0.3 is 0 Å². The summed E-state index contributed by atoms with van der Waals surface area (Å²) >= 11 is 1.71. The fourth-order valence-corrected chi connectivity index (χ4v) is 2.07. The Balaban J connectivity index is 2.25. The Bertz CT molecular complexity index is 261. The van der Waals surface area contributed by atoms with Gasteiger partial charge in [-0.3, -0.25) is 0 Å². The molecule has 0 fully saturated rings. The van der Waals surface area contributed by atoms with E-state index in [9.17, 15) is 5.11 Å². The summed E-state index contributed by atoms with van der Waals surface area (Å²) < 4.78 is 0. The van der Waals surface area contributed by atoms with Gasteiger partial charge < -0.3 is 5.11 Å². The fourth-order valence-electron chi connectivity index (χ4n) is 1.39. The molecule has 1 unspecified atom stereocenters. The van der Waals surface area contributed by atoms with Gasteiger partial charge in [-0.2, -0.15) is 11.3 Å². The maximum atomic E-state index is 9.23. The van der Waals surface area contributed by atoms with Crippen LogP contribution in [-0.4, -0.2) is 11.2 Å². The predicted octanol–water partition coefficient (Wildman–Crippen LogP) is 2.29. The molecular formula is C9H10OS. The lowest BCUT2D eigenvalue weighted by atomic mass is 10.1. The van der Waals surface area contributed by atoms with Crippen LogP contribution in [0.15, 0.2) is 22.9 Å². The molecule has 0 saturated heterocycles. The van der Waals surface area contributed by atoms with E-state index in [4.69, 9.17) is 0 Å². The van der Waals surface area contributed by atoms with Gasteiger partial charge in [0.15, 0.2) is 0 Å². The SMILES string of the molecule is OC1C=C(c2ccsc2)CC1. The van der Waals surface area contributed by atoms with Crippen LogP contribution in [0, 0.1) is 0 Å². The summed E-state index contributed by atoms with van der Waals surface area (Å²) in [7, 11) is 0. The minimum atomic E-state index is -0.204. The van der Waals surface area contributed by atoms with Gasteiger partial charge in [0.25, 0.3) is 0 Å². The lowest BCUT2D eigenvalue weighted by molar-refractivity contribution is 0.223. The third-order valence-corrected chi connectivity index (χ3v) is 2.68. The van der Waals surface area contributed by atoms with E-state index in [1.165, 1.54) is 11.1 Å². The van der Waals surface area contributed by atoms with Gasteiger partial charge in [-0.15, -0.1) is 0 Å². The third-order valence-electron chi connectivity index (χ3n) is 1.99. The molecule has 1 aromatic heterocycles. The lowest BCUT2D eigenvalue weighted by Crippen LogP contribution is -1.93. The summed E-state index contributed by atoms with van der Waals surface area (Å²) in [6, 6.07) is 2.11. The second kappa shape index (κ2) is 2.80. The Morgan fingerprint density at radius 1 is 1.55 bits per heavy atom. The molecule has 0 bridgehead atoms. The van der Waals surface area contributed by atoms with Crippen LogP contribution in [0.5, 0.6) is 0 Å². The van der Waals surface area contributed by atoms with E-state index >= 15 is 0 Å². The first-order chi connectivity index (χ1) is 5.36. The number of thiophene rings is 1. The lowest BCUT2D eigenvalue weighted by Gasteiger charge is -1.93. The van der Waals surface area contributed by atoms with Gasteiger partial charge in [-0.05, 0) is 40.8 Å².